The zero-order valence-electron chi connectivity index (χ0n) is 16.8. The number of rotatable bonds is 5. The van der Waals surface area contributed by atoms with E-state index in [0.717, 1.165) is 80.8 Å². The molecular formula is C22H26N4O3. The number of hydrogen-bond acceptors (Lipinski definition) is 6. The molecule has 29 heavy (non-hydrogen) atoms. The first-order chi connectivity index (χ1) is 14.2. The Morgan fingerprint density at radius 3 is 2.79 bits per heavy atom. The van der Waals surface area contributed by atoms with Gasteiger partial charge >= 0.3 is 0 Å². The van der Waals surface area contributed by atoms with Crippen LogP contribution in [0.4, 0.5) is 0 Å². The zero-order chi connectivity index (χ0) is 19.8. The number of aromatic nitrogens is 2. The second-order valence-electron chi connectivity index (χ2n) is 7.96. The molecule has 1 aromatic carbocycles. The summed E-state index contributed by atoms with van der Waals surface area (Å²) in [4.78, 5) is 21.5. The van der Waals surface area contributed by atoms with Gasteiger partial charge in [0.15, 0.2) is 11.5 Å². The molecule has 0 radical (unpaired) electrons. The predicted octanol–water partition coefficient (Wildman–Crippen LogP) is 3.26. The van der Waals surface area contributed by atoms with Gasteiger partial charge in [0.05, 0.1) is 11.4 Å². The minimum absolute atomic E-state index is 0.0117. The highest BCUT2D eigenvalue weighted by atomic mass is 16.5. The lowest BCUT2D eigenvalue weighted by molar-refractivity contribution is 0.0673. The van der Waals surface area contributed by atoms with E-state index >= 15 is 0 Å². The van der Waals surface area contributed by atoms with E-state index in [-0.39, 0.29) is 5.91 Å². The van der Waals surface area contributed by atoms with Crippen molar-refractivity contribution in [3.63, 3.8) is 0 Å². The van der Waals surface area contributed by atoms with Gasteiger partial charge in [-0.15, -0.1) is 0 Å². The molecule has 1 saturated heterocycles. The van der Waals surface area contributed by atoms with Crippen LogP contribution in [0.15, 0.2) is 33.2 Å². The lowest BCUT2D eigenvalue weighted by atomic mass is 9.91. The molecule has 0 atom stereocenters. The Labute approximate surface area is 169 Å². The average molecular weight is 394 g/mol. The van der Waals surface area contributed by atoms with E-state index in [1.807, 2.05) is 30.0 Å². The summed E-state index contributed by atoms with van der Waals surface area (Å²) in [6, 6.07) is 8.08. The minimum Gasteiger partial charge on any atom is -0.435 e. The van der Waals surface area contributed by atoms with Crippen LogP contribution in [0.5, 0.6) is 0 Å². The number of para-hydroxylation sites is 1. The number of oxazole rings is 1. The van der Waals surface area contributed by atoms with Crippen LogP contribution in [0.3, 0.4) is 0 Å². The molecule has 5 rings (SSSR count). The van der Waals surface area contributed by atoms with Crippen LogP contribution in [0.1, 0.15) is 53.5 Å². The molecule has 2 aliphatic rings. The van der Waals surface area contributed by atoms with Gasteiger partial charge in [0, 0.05) is 43.8 Å². The van der Waals surface area contributed by atoms with E-state index in [9.17, 15) is 4.79 Å². The molecule has 152 valence electrons. The van der Waals surface area contributed by atoms with Crippen molar-refractivity contribution < 1.29 is 13.7 Å². The Morgan fingerprint density at radius 1 is 1.14 bits per heavy atom. The molecule has 0 bridgehead atoms. The van der Waals surface area contributed by atoms with E-state index in [4.69, 9.17) is 8.94 Å². The Morgan fingerprint density at radius 2 is 1.97 bits per heavy atom. The number of nitrogens with zero attached hydrogens (tertiary/aromatic N) is 4. The summed E-state index contributed by atoms with van der Waals surface area (Å²) in [6.07, 6.45) is 3.63. The van der Waals surface area contributed by atoms with E-state index in [0.29, 0.717) is 17.6 Å². The highest BCUT2D eigenvalue weighted by Crippen LogP contribution is 2.32. The second-order valence-corrected chi connectivity index (χ2v) is 7.96. The molecule has 2 aromatic heterocycles. The largest absolute Gasteiger partial charge is 0.435 e. The Hall–Kier alpha value is -2.67. The van der Waals surface area contributed by atoms with Gasteiger partial charge in [-0.2, -0.15) is 0 Å². The lowest BCUT2D eigenvalue weighted by Gasteiger charge is -2.33. The smallest absolute Gasteiger partial charge is 0.291 e. The summed E-state index contributed by atoms with van der Waals surface area (Å²) in [6.45, 7) is 6.37. The van der Waals surface area contributed by atoms with Gasteiger partial charge in [-0.25, -0.2) is 4.98 Å². The van der Waals surface area contributed by atoms with Crippen molar-refractivity contribution in [3.05, 3.63) is 47.3 Å². The molecule has 3 aromatic rings. The average Bonchev–Trinajstić information content (AvgIpc) is 3.38. The first-order valence-electron chi connectivity index (χ1n) is 10.6. The third-order valence-electron chi connectivity index (χ3n) is 6.21. The number of fused-ring (bicyclic) bond motifs is 2. The van der Waals surface area contributed by atoms with Gasteiger partial charge in [-0.1, -0.05) is 24.2 Å². The van der Waals surface area contributed by atoms with Crippen LogP contribution in [-0.2, 0) is 12.8 Å². The topological polar surface area (TPSA) is 75.6 Å². The fourth-order valence-electron chi connectivity index (χ4n) is 4.48. The molecule has 7 nitrogen and oxygen atoms in total. The maximum absolute atomic E-state index is 12.7. The minimum atomic E-state index is -0.0117. The number of carbonyl (C=O) groups is 1. The molecule has 2 aliphatic heterocycles. The number of aryl methyl sites for hydroxylation is 1. The molecule has 1 amide bonds. The highest BCUT2D eigenvalue weighted by Gasteiger charge is 2.31. The number of amides is 1. The lowest BCUT2D eigenvalue weighted by Crippen LogP contribution is -2.44. The van der Waals surface area contributed by atoms with Gasteiger partial charge in [0.1, 0.15) is 0 Å². The summed E-state index contributed by atoms with van der Waals surface area (Å²) in [5.41, 5.74) is 2.78. The maximum atomic E-state index is 12.7. The van der Waals surface area contributed by atoms with Gasteiger partial charge < -0.3 is 18.7 Å². The van der Waals surface area contributed by atoms with Crippen LogP contribution < -0.4 is 0 Å². The molecule has 0 saturated carbocycles. The van der Waals surface area contributed by atoms with Gasteiger partial charge in [-0.05, 0) is 38.1 Å². The van der Waals surface area contributed by atoms with Crippen LogP contribution in [0, 0.1) is 0 Å². The van der Waals surface area contributed by atoms with E-state index in [2.05, 4.69) is 21.1 Å². The summed E-state index contributed by atoms with van der Waals surface area (Å²) in [5.74, 6) is 1.54. The molecular weight excluding hydrogens is 368 g/mol. The van der Waals surface area contributed by atoms with E-state index in [1.165, 1.54) is 0 Å². The van der Waals surface area contributed by atoms with Crippen molar-refractivity contribution in [2.45, 2.75) is 38.5 Å². The number of hydrogen-bond donors (Lipinski definition) is 0. The quantitative estimate of drug-likeness (QED) is 0.661. The summed E-state index contributed by atoms with van der Waals surface area (Å²) in [5, 5.41) is 5.48. The summed E-state index contributed by atoms with van der Waals surface area (Å²) in [7, 11) is 0. The SMILES string of the molecule is CCc1nc2c(o1)C(=O)N(CCN1CCC(c3noc4ccccc34)CC1)CC2. The van der Waals surface area contributed by atoms with Crippen molar-refractivity contribution in [1.82, 2.24) is 19.9 Å². The normalized spacial score (nSPS) is 18.5. The first kappa shape index (κ1) is 18.4. The maximum Gasteiger partial charge on any atom is 0.291 e. The fourth-order valence-corrected chi connectivity index (χ4v) is 4.48. The van der Waals surface area contributed by atoms with Gasteiger partial charge in [0.25, 0.3) is 5.91 Å². The molecule has 0 N–H and O–H groups in total. The van der Waals surface area contributed by atoms with Crippen molar-refractivity contribution in [1.29, 1.82) is 0 Å². The van der Waals surface area contributed by atoms with Crippen molar-refractivity contribution in [2.24, 2.45) is 0 Å². The molecule has 0 aliphatic carbocycles. The van der Waals surface area contributed by atoms with Gasteiger partial charge in [-0.3, -0.25) is 4.79 Å². The number of benzene rings is 1. The summed E-state index contributed by atoms with van der Waals surface area (Å²) >= 11 is 0. The van der Waals surface area contributed by atoms with E-state index < -0.39 is 0 Å². The van der Waals surface area contributed by atoms with Crippen LogP contribution >= 0.6 is 0 Å². The van der Waals surface area contributed by atoms with Crippen molar-refractivity contribution >= 4 is 16.9 Å². The third kappa shape index (κ3) is 3.44. The standard InChI is InChI=1S/C22H26N4O3/c1-2-19-23-17-9-12-26(22(27)21(17)28-19)14-13-25-10-7-15(8-11-25)20-16-5-3-4-6-18(16)29-24-20/h3-6,15H,2,7-14H2,1H3. The highest BCUT2D eigenvalue weighted by molar-refractivity contribution is 5.93. The predicted molar refractivity (Wildman–Crippen MR) is 108 cm³/mol. The molecule has 4 heterocycles. The van der Waals surface area contributed by atoms with Crippen molar-refractivity contribution in [2.75, 3.05) is 32.7 Å². The number of piperidine rings is 1. The Balaban J connectivity index is 1.16. The van der Waals surface area contributed by atoms with Crippen LogP contribution in [0.2, 0.25) is 0 Å². The van der Waals surface area contributed by atoms with Gasteiger partial charge in [0.2, 0.25) is 5.76 Å². The molecule has 7 heteroatoms. The van der Waals surface area contributed by atoms with Crippen LogP contribution in [0.25, 0.3) is 11.0 Å². The molecule has 0 unspecified atom stereocenters. The zero-order valence-corrected chi connectivity index (χ0v) is 16.8. The fraction of sp³-hybridized carbons (Fsp3) is 0.500. The summed E-state index contributed by atoms with van der Waals surface area (Å²) < 4.78 is 11.1. The second kappa shape index (κ2) is 7.63. The van der Waals surface area contributed by atoms with Crippen molar-refractivity contribution in [3.8, 4) is 0 Å². The molecule has 0 spiro atoms. The Bertz CT molecular complexity index is 1020. The monoisotopic (exact) mass is 394 g/mol. The molecule has 1 fully saturated rings. The third-order valence-corrected chi connectivity index (χ3v) is 6.21. The van der Waals surface area contributed by atoms with Crippen LogP contribution in [-0.4, -0.2) is 58.6 Å². The number of carbonyl (C=O) groups excluding carboxylic acids is 1. The first-order valence-corrected chi connectivity index (χ1v) is 10.6. The van der Waals surface area contributed by atoms with E-state index in [1.54, 1.807) is 0 Å². The Kier molecular flexibility index (Phi) is 4.83. The number of likely N-dealkylation sites (tertiary alicyclic amines) is 1.